The quantitative estimate of drug-likeness (QED) is 0.634. The number of carbonyl (C=O) groups is 2. The van der Waals surface area contributed by atoms with E-state index in [2.05, 4.69) is 5.32 Å². The summed E-state index contributed by atoms with van der Waals surface area (Å²) in [7, 11) is 0. The number of nitrogens with one attached hydrogen (secondary N) is 1. The van der Waals surface area contributed by atoms with Gasteiger partial charge in [0.05, 0.1) is 0 Å². The summed E-state index contributed by atoms with van der Waals surface area (Å²) in [5.41, 5.74) is 0. The molecule has 0 saturated carbocycles. The van der Waals surface area contributed by atoms with Crippen molar-refractivity contribution in [2.24, 2.45) is 11.8 Å². The normalized spacial score (nSPS) is 12.7. The van der Waals surface area contributed by atoms with E-state index in [0.29, 0.717) is 12.3 Å². The molecule has 0 bridgehead atoms. The largest absolute Gasteiger partial charge is 0.299 e. The summed E-state index contributed by atoms with van der Waals surface area (Å²) < 4.78 is 0. The Hall–Kier alpha value is -0.860. The number of rotatable bonds is 5. The third-order valence-electron chi connectivity index (χ3n) is 1.94. The van der Waals surface area contributed by atoms with Crippen molar-refractivity contribution in [1.82, 2.24) is 5.32 Å². The highest BCUT2D eigenvalue weighted by atomic mass is 16.2. The van der Waals surface area contributed by atoms with Crippen molar-refractivity contribution in [3.63, 3.8) is 0 Å². The molecule has 0 aromatic heterocycles. The van der Waals surface area contributed by atoms with E-state index in [1.54, 1.807) is 0 Å². The van der Waals surface area contributed by atoms with Crippen LogP contribution in [0.2, 0.25) is 0 Å². The van der Waals surface area contributed by atoms with Gasteiger partial charge in [-0.15, -0.1) is 0 Å². The van der Waals surface area contributed by atoms with E-state index in [-0.39, 0.29) is 11.8 Å². The van der Waals surface area contributed by atoms with Gasteiger partial charge in [0, 0.05) is 5.92 Å². The molecule has 3 heteroatoms. The van der Waals surface area contributed by atoms with Crippen molar-refractivity contribution in [2.45, 2.75) is 33.6 Å². The molecule has 70 valence electrons. The summed E-state index contributed by atoms with van der Waals surface area (Å²) in [6, 6.07) is 0. The minimum absolute atomic E-state index is 0.0276. The lowest BCUT2D eigenvalue weighted by Crippen LogP contribution is -2.32. The second kappa shape index (κ2) is 5.75. The Morgan fingerprint density at radius 3 is 2.42 bits per heavy atom. The summed E-state index contributed by atoms with van der Waals surface area (Å²) in [6.07, 6.45) is 2.26. The Morgan fingerprint density at radius 1 is 1.50 bits per heavy atom. The fraction of sp³-hybridized carbons (Fsp3) is 0.778. The maximum atomic E-state index is 11.2. The summed E-state index contributed by atoms with van der Waals surface area (Å²) in [6.45, 7) is 6.01. The number of carbonyl (C=O) groups excluding carboxylic acids is 2. The molecular formula is C9H17NO2. The maximum absolute atomic E-state index is 11.2. The predicted molar refractivity (Wildman–Crippen MR) is 47.4 cm³/mol. The van der Waals surface area contributed by atoms with Gasteiger partial charge in [-0.25, -0.2) is 0 Å². The Labute approximate surface area is 73.5 Å². The van der Waals surface area contributed by atoms with Crippen molar-refractivity contribution < 1.29 is 9.59 Å². The first-order valence-electron chi connectivity index (χ1n) is 4.37. The molecule has 0 aromatic rings. The molecule has 0 fully saturated rings. The average molecular weight is 171 g/mol. The Kier molecular flexibility index (Phi) is 5.34. The molecule has 0 aliphatic carbocycles. The third kappa shape index (κ3) is 3.51. The smallest absolute Gasteiger partial charge is 0.229 e. The van der Waals surface area contributed by atoms with E-state index in [4.69, 9.17) is 0 Å². The van der Waals surface area contributed by atoms with Crippen LogP contribution in [0.4, 0.5) is 0 Å². The molecular weight excluding hydrogens is 154 g/mol. The van der Waals surface area contributed by atoms with Crippen molar-refractivity contribution in [3.8, 4) is 0 Å². The fourth-order valence-corrected chi connectivity index (χ4v) is 1.24. The highest BCUT2D eigenvalue weighted by Crippen LogP contribution is 2.16. The second-order valence-corrected chi connectivity index (χ2v) is 3.27. The first-order valence-corrected chi connectivity index (χ1v) is 4.37. The highest BCUT2D eigenvalue weighted by molar-refractivity contribution is 5.87. The van der Waals surface area contributed by atoms with Crippen molar-refractivity contribution in [3.05, 3.63) is 0 Å². The lowest BCUT2D eigenvalue weighted by molar-refractivity contribution is -0.129. The van der Waals surface area contributed by atoms with Crippen LogP contribution in [-0.2, 0) is 9.59 Å². The zero-order chi connectivity index (χ0) is 9.56. The van der Waals surface area contributed by atoms with Crippen LogP contribution in [-0.4, -0.2) is 12.3 Å². The average Bonchev–Trinajstić information content (AvgIpc) is 1.99. The first-order chi connectivity index (χ1) is 5.63. The van der Waals surface area contributed by atoms with Gasteiger partial charge in [-0.1, -0.05) is 27.2 Å². The van der Waals surface area contributed by atoms with E-state index in [1.807, 2.05) is 20.8 Å². The standard InChI is InChI=1S/C9H17NO2/c1-4-5-8(7(2)3)9(12)10-6-11/h6-8H,4-5H2,1-3H3,(H,10,11,12). The number of hydrogen-bond donors (Lipinski definition) is 1. The molecule has 0 rings (SSSR count). The van der Waals surface area contributed by atoms with Crippen LogP contribution < -0.4 is 5.32 Å². The Balaban J connectivity index is 4.08. The van der Waals surface area contributed by atoms with Gasteiger partial charge in [0.25, 0.3) is 0 Å². The monoisotopic (exact) mass is 171 g/mol. The molecule has 0 aliphatic heterocycles. The summed E-state index contributed by atoms with van der Waals surface area (Å²) in [4.78, 5) is 21.2. The predicted octanol–water partition coefficient (Wildman–Crippen LogP) is 1.33. The number of imide groups is 1. The highest BCUT2D eigenvalue weighted by Gasteiger charge is 2.20. The van der Waals surface area contributed by atoms with Crippen molar-refractivity contribution in [2.75, 3.05) is 0 Å². The lowest BCUT2D eigenvalue weighted by atomic mass is 9.91. The van der Waals surface area contributed by atoms with Gasteiger partial charge >= 0.3 is 0 Å². The van der Waals surface area contributed by atoms with Crippen molar-refractivity contribution in [1.29, 1.82) is 0 Å². The van der Waals surface area contributed by atoms with Crippen LogP contribution in [0.5, 0.6) is 0 Å². The van der Waals surface area contributed by atoms with Gasteiger partial charge in [-0.2, -0.15) is 0 Å². The SMILES string of the molecule is CCCC(C(=O)NC=O)C(C)C. The van der Waals surface area contributed by atoms with Gasteiger partial charge in [-0.05, 0) is 12.3 Å². The molecule has 0 saturated heterocycles. The van der Waals surface area contributed by atoms with Crippen molar-refractivity contribution >= 4 is 12.3 Å². The molecule has 1 unspecified atom stereocenters. The van der Waals surface area contributed by atoms with Crippen LogP contribution >= 0.6 is 0 Å². The van der Waals surface area contributed by atoms with E-state index in [1.165, 1.54) is 0 Å². The minimum atomic E-state index is -0.151. The van der Waals surface area contributed by atoms with Gasteiger partial charge < -0.3 is 0 Å². The van der Waals surface area contributed by atoms with E-state index in [0.717, 1.165) is 12.8 Å². The Morgan fingerprint density at radius 2 is 2.08 bits per heavy atom. The molecule has 0 aromatic carbocycles. The van der Waals surface area contributed by atoms with Gasteiger partial charge in [0.2, 0.25) is 12.3 Å². The van der Waals surface area contributed by atoms with Gasteiger partial charge in [-0.3, -0.25) is 14.9 Å². The van der Waals surface area contributed by atoms with E-state index in [9.17, 15) is 9.59 Å². The van der Waals surface area contributed by atoms with Gasteiger partial charge in [0.1, 0.15) is 0 Å². The second-order valence-electron chi connectivity index (χ2n) is 3.27. The number of hydrogen-bond acceptors (Lipinski definition) is 2. The first kappa shape index (κ1) is 11.1. The van der Waals surface area contributed by atoms with Crippen LogP contribution in [0.15, 0.2) is 0 Å². The molecule has 0 spiro atoms. The summed E-state index contributed by atoms with van der Waals surface area (Å²) in [5.74, 6) is 0.118. The molecule has 0 heterocycles. The zero-order valence-electron chi connectivity index (χ0n) is 7.96. The molecule has 2 amide bonds. The lowest BCUT2D eigenvalue weighted by Gasteiger charge is -2.17. The van der Waals surface area contributed by atoms with Gasteiger partial charge in [0.15, 0.2) is 0 Å². The molecule has 0 radical (unpaired) electrons. The Bertz CT molecular complexity index is 155. The molecule has 1 atom stereocenters. The summed E-state index contributed by atoms with van der Waals surface area (Å²) in [5, 5.41) is 2.19. The van der Waals surface area contributed by atoms with Crippen LogP contribution in [0, 0.1) is 11.8 Å². The fourth-order valence-electron chi connectivity index (χ4n) is 1.24. The molecule has 3 nitrogen and oxygen atoms in total. The maximum Gasteiger partial charge on any atom is 0.229 e. The molecule has 0 aliphatic rings. The molecule has 1 N–H and O–H groups in total. The molecule has 12 heavy (non-hydrogen) atoms. The van der Waals surface area contributed by atoms with Crippen LogP contribution in [0.1, 0.15) is 33.6 Å². The number of amides is 2. The van der Waals surface area contributed by atoms with E-state index >= 15 is 0 Å². The zero-order valence-corrected chi connectivity index (χ0v) is 7.96. The van der Waals surface area contributed by atoms with Crippen LogP contribution in [0.25, 0.3) is 0 Å². The third-order valence-corrected chi connectivity index (χ3v) is 1.94. The van der Waals surface area contributed by atoms with E-state index < -0.39 is 0 Å². The summed E-state index contributed by atoms with van der Waals surface area (Å²) >= 11 is 0. The van der Waals surface area contributed by atoms with Crippen LogP contribution in [0.3, 0.4) is 0 Å². The minimum Gasteiger partial charge on any atom is -0.299 e. The topological polar surface area (TPSA) is 46.2 Å².